The van der Waals surface area contributed by atoms with Crippen LogP contribution in [0, 0.1) is 5.92 Å². The number of ether oxygens (including phenoxy) is 2. The number of hydrogen-bond donors (Lipinski definition) is 2. The number of ketones is 1. The summed E-state index contributed by atoms with van der Waals surface area (Å²) in [5.74, 6) is -0.307. The fourth-order valence-electron chi connectivity index (χ4n) is 3.86. The van der Waals surface area contributed by atoms with Crippen molar-refractivity contribution in [2.24, 2.45) is 5.92 Å². The van der Waals surface area contributed by atoms with Crippen LogP contribution in [-0.2, 0) is 14.3 Å². The zero-order valence-corrected chi connectivity index (χ0v) is 15.4. The van der Waals surface area contributed by atoms with Gasteiger partial charge >= 0.3 is 6.09 Å². The lowest BCUT2D eigenvalue weighted by molar-refractivity contribution is -0.130. The van der Waals surface area contributed by atoms with Crippen LogP contribution >= 0.6 is 0 Å². The van der Waals surface area contributed by atoms with Crippen molar-refractivity contribution in [3.05, 3.63) is 0 Å². The van der Waals surface area contributed by atoms with Gasteiger partial charge in [0, 0.05) is 31.2 Å². The number of amides is 1. The number of nitrogens with one attached hydrogen (secondary N) is 1. The molecule has 0 aromatic carbocycles. The molecule has 0 radical (unpaired) electrons. The minimum atomic E-state index is -0.760. The Morgan fingerprint density at radius 2 is 1.96 bits per heavy atom. The predicted molar refractivity (Wildman–Crippen MR) is 91.2 cm³/mol. The summed E-state index contributed by atoms with van der Waals surface area (Å²) >= 11 is 0. The smallest absolute Gasteiger partial charge is 0.411 e. The maximum Gasteiger partial charge on any atom is 0.411 e. The summed E-state index contributed by atoms with van der Waals surface area (Å²) in [6.07, 6.45) is 3.36. The van der Waals surface area contributed by atoms with Crippen LogP contribution in [0.2, 0.25) is 0 Å². The van der Waals surface area contributed by atoms with Crippen molar-refractivity contribution < 1.29 is 24.2 Å². The topological polar surface area (TPSA) is 88.1 Å². The second-order valence-electron chi connectivity index (χ2n) is 8.46. The third kappa shape index (κ3) is 4.51. The largest absolute Gasteiger partial charge is 0.444 e. The minimum absolute atomic E-state index is 0.0757. The molecule has 3 fully saturated rings. The first-order chi connectivity index (χ1) is 11.8. The molecule has 2 N–H and O–H groups in total. The van der Waals surface area contributed by atoms with Gasteiger partial charge in [-0.25, -0.2) is 4.79 Å². The summed E-state index contributed by atoms with van der Waals surface area (Å²) in [5.41, 5.74) is -0.633. The maximum absolute atomic E-state index is 12.6. The monoisotopic (exact) mass is 354 g/mol. The minimum Gasteiger partial charge on any atom is -0.444 e. The summed E-state index contributed by atoms with van der Waals surface area (Å²) in [7, 11) is 0. The van der Waals surface area contributed by atoms with E-state index < -0.39 is 24.3 Å². The van der Waals surface area contributed by atoms with E-state index in [0.29, 0.717) is 25.2 Å². The number of carbonyl (C=O) groups excluding carboxylic acids is 2. The van der Waals surface area contributed by atoms with Crippen LogP contribution in [0.3, 0.4) is 0 Å². The molecule has 0 aromatic heterocycles. The molecule has 1 aliphatic carbocycles. The molecule has 2 saturated heterocycles. The molecule has 2 heterocycles. The Balaban J connectivity index is 1.74. The molecule has 3 aliphatic rings. The van der Waals surface area contributed by atoms with E-state index in [1.807, 2.05) is 0 Å². The Morgan fingerprint density at radius 3 is 2.56 bits per heavy atom. The van der Waals surface area contributed by atoms with Crippen LogP contribution in [0.4, 0.5) is 4.79 Å². The molecule has 142 valence electrons. The molecular formula is C18H30N2O5. The van der Waals surface area contributed by atoms with Crippen LogP contribution in [0.1, 0.15) is 46.5 Å². The highest BCUT2D eigenvalue weighted by atomic mass is 16.6. The van der Waals surface area contributed by atoms with Crippen molar-refractivity contribution >= 4 is 11.9 Å². The standard InChI is InChI=1S/C18H30N2O5/c1-18(2,3)25-17(23)20-9-11-8-13(19-12-4-5-12)6-7-24-16(11)15(20)14(22)10-21/h11-13,15-16,19,21H,4-10H2,1-3H3/t11-,13?,15+,16+/m0/s1. The van der Waals surface area contributed by atoms with Gasteiger partial charge < -0.3 is 19.9 Å². The molecule has 4 atom stereocenters. The molecule has 0 spiro atoms. The van der Waals surface area contributed by atoms with Gasteiger partial charge in [0.15, 0.2) is 5.78 Å². The number of carbonyl (C=O) groups is 2. The summed E-state index contributed by atoms with van der Waals surface area (Å²) in [6, 6.07) is 0.204. The highest BCUT2D eigenvalue weighted by Gasteiger charge is 2.50. The molecule has 7 heteroatoms. The molecule has 25 heavy (non-hydrogen) atoms. The quantitative estimate of drug-likeness (QED) is 0.786. The summed E-state index contributed by atoms with van der Waals surface area (Å²) in [4.78, 5) is 26.4. The Bertz CT molecular complexity index is 514. The normalized spacial score (nSPS) is 32.9. The average molecular weight is 354 g/mol. The first-order valence-electron chi connectivity index (χ1n) is 9.29. The van der Waals surface area contributed by atoms with E-state index in [-0.39, 0.29) is 17.8 Å². The van der Waals surface area contributed by atoms with E-state index in [1.54, 1.807) is 20.8 Å². The van der Waals surface area contributed by atoms with Gasteiger partial charge in [0.25, 0.3) is 0 Å². The Hall–Kier alpha value is -1.18. The number of nitrogens with zero attached hydrogens (tertiary/aromatic N) is 1. The molecule has 1 unspecified atom stereocenters. The summed E-state index contributed by atoms with van der Waals surface area (Å²) in [6.45, 7) is 5.79. The number of aliphatic hydroxyl groups is 1. The van der Waals surface area contributed by atoms with E-state index in [0.717, 1.165) is 12.8 Å². The molecule has 0 bridgehead atoms. The summed E-state index contributed by atoms with van der Waals surface area (Å²) in [5, 5.41) is 13.0. The molecule has 7 nitrogen and oxygen atoms in total. The number of fused-ring (bicyclic) bond motifs is 1. The fraction of sp³-hybridized carbons (Fsp3) is 0.889. The number of likely N-dealkylation sites (tertiary alicyclic amines) is 1. The van der Waals surface area contributed by atoms with Gasteiger partial charge in [0.2, 0.25) is 0 Å². The van der Waals surface area contributed by atoms with Gasteiger partial charge in [-0.2, -0.15) is 0 Å². The third-order valence-corrected chi connectivity index (χ3v) is 5.07. The van der Waals surface area contributed by atoms with Gasteiger partial charge in [-0.1, -0.05) is 0 Å². The number of rotatable bonds is 4. The van der Waals surface area contributed by atoms with Crippen molar-refractivity contribution in [3.8, 4) is 0 Å². The molecule has 2 aliphatic heterocycles. The van der Waals surface area contributed by atoms with E-state index >= 15 is 0 Å². The second-order valence-corrected chi connectivity index (χ2v) is 8.46. The number of Topliss-reactive ketones (excluding diaryl/α,β-unsaturated/α-hetero) is 1. The first kappa shape index (κ1) is 18.6. The van der Waals surface area contributed by atoms with Crippen LogP contribution in [0.15, 0.2) is 0 Å². The van der Waals surface area contributed by atoms with Crippen molar-refractivity contribution in [2.75, 3.05) is 19.8 Å². The van der Waals surface area contributed by atoms with Crippen molar-refractivity contribution in [2.45, 2.75) is 76.3 Å². The highest BCUT2D eigenvalue weighted by Crippen LogP contribution is 2.35. The lowest BCUT2D eigenvalue weighted by atomic mass is 9.93. The van der Waals surface area contributed by atoms with E-state index in [2.05, 4.69) is 5.32 Å². The lowest BCUT2D eigenvalue weighted by Gasteiger charge is -2.29. The van der Waals surface area contributed by atoms with Crippen molar-refractivity contribution in [1.29, 1.82) is 0 Å². The zero-order valence-electron chi connectivity index (χ0n) is 15.4. The maximum atomic E-state index is 12.6. The highest BCUT2D eigenvalue weighted by molar-refractivity contribution is 5.89. The van der Waals surface area contributed by atoms with E-state index in [1.165, 1.54) is 17.7 Å². The van der Waals surface area contributed by atoms with Gasteiger partial charge in [0.05, 0.1) is 6.10 Å². The molecule has 3 rings (SSSR count). The summed E-state index contributed by atoms with van der Waals surface area (Å²) < 4.78 is 11.5. The second kappa shape index (κ2) is 7.21. The Morgan fingerprint density at radius 1 is 1.24 bits per heavy atom. The number of aliphatic hydroxyl groups excluding tert-OH is 1. The van der Waals surface area contributed by atoms with E-state index in [4.69, 9.17) is 9.47 Å². The van der Waals surface area contributed by atoms with Crippen LogP contribution in [-0.4, -0.2) is 71.5 Å². The van der Waals surface area contributed by atoms with Gasteiger partial charge in [0.1, 0.15) is 18.2 Å². The van der Waals surface area contributed by atoms with Crippen molar-refractivity contribution in [3.63, 3.8) is 0 Å². The predicted octanol–water partition coefficient (Wildman–Crippen LogP) is 1.08. The van der Waals surface area contributed by atoms with E-state index in [9.17, 15) is 14.7 Å². The molecule has 0 aromatic rings. The van der Waals surface area contributed by atoms with Crippen LogP contribution in [0.5, 0.6) is 0 Å². The first-order valence-corrected chi connectivity index (χ1v) is 9.29. The lowest BCUT2D eigenvalue weighted by Crippen LogP contribution is -2.48. The zero-order chi connectivity index (χ0) is 18.2. The Kier molecular flexibility index (Phi) is 5.37. The molecule has 1 amide bonds. The number of hydrogen-bond acceptors (Lipinski definition) is 6. The SMILES string of the molecule is CC(C)(C)OC(=O)N1C[C@@H]2CC(NC3CC3)CCO[C@H]2[C@H]1C(=O)CO. The fourth-order valence-corrected chi connectivity index (χ4v) is 3.86. The Labute approximate surface area is 149 Å². The van der Waals surface area contributed by atoms with Crippen LogP contribution in [0.25, 0.3) is 0 Å². The molecule has 1 saturated carbocycles. The van der Waals surface area contributed by atoms with Gasteiger partial charge in [-0.15, -0.1) is 0 Å². The molecular weight excluding hydrogens is 324 g/mol. The van der Waals surface area contributed by atoms with Gasteiger partial charge in [-0.05, 0) is 46.5 Å². The van der Waals surface area contributed by atoms with Crippen molar-refractivity contribution in [1.82, 2.24) is 10.2 Å². The van der Waals surface area contributed by atoms with Gasteiger partial charge in [-0.3, -0.25) is 9.69 Å². The van der Waals surface area contributed by atoms with Crippen LogP contribution < -0.4 is 5.32 Å². The third-order valence-electron chi connectivity index (χ3n) is 5.07. The average Bonchev–Trinajstić information content (AvgIpc) is 3.29.